The second-order valence-corrected chi connectivity index (χ2v) is 7.46. The Morgan fingerprint density at radius 3 is 2.72 bits per heavy atom. The Morgan fingerprint density at radius 2 is 2.00 bits per heavy atom. The Hall–Kier alpha value is -2.84. The lowest BCUT2D eigenvalue weighted by Gasteiger charge is -2.14. The Labute approximate surface area is 174 Å². The predicted molar refractivity (Wildman–Crippen MR) is 113 cm³/mol. The Bertz CT molecular complexity index is 924. The van der Waals surface area contributed by atoms with Crippen LogP contribution >= 0.6 is 11.3 Å². The van der Waals surface area contributed by atoms with E-state index >= 15 is 0 Å². The molecule has 2 heterocycles. The number of oxazole rings is 1. The summed E-state index contributed by atoms with van der Waals surface area (Å²) in [7, 11) is 1.95. The van der Waals surface area contributed by atoms with Gasteiger partial charge in [0.1, 0.15) is 18.5 Å². The van der Waals surface area contributed by atoms with Crippen molar-refractivity contribution >= 4 is 22.9 Å². The molecule has 8 heteroatoms. The Kier molecular flexibility index (Phi) is 7.26. The number of rotatable bonds is 10. The first-order valence-electron chi connectivity index (χ1n) is 9.58. The van der Waals surface area contributed by atoms with Crippen LogP contribution in [-0.4, -0.2) is 37.7 Å². The molecule has 2 N–H and O–H groups in total. The smallest absolute Gasteiger partial charge is 0.279 e. The monoisotopic (exact) mass is 416 g/mol. The summed E-state index contributed by atoms with van der Waals surface area (Å²) in [6, 6.07) is 9.33. The second kappa shape index (κ2) is 10.1. The first-order chi connectivity index (χ1) is 14.1. The molecule has 0 radical (unpaired) electrons. The molecule has 0 aliphatic rings. The van der Waals surface area contributed by atoms with Crippen LogP contribution in [0.4, 0.5) is 5.69 Å². The average molecular weight is 417 g/mol. The van der Waals surface area contributed by atoms with Gasteiger partial charge in [-0.1, -0.05) is 6.07 Å². The lowest BCUT2D eigenvalue weighted by Crippen LogP contribution is -3.08. The molecule has 1 atom stereocenters. The molecule has 3 aromatic rings. The van der Waals surface area contributed by atoms with Gasteiger partial charge in [0.05, 0.1) is 25.1 Å². The molecule has 0 saturated carbocycles. The van der Waals surface area contributed by atoms with Gasteiger partial charge in [0.2, 0.25) is 5.89 Å². The van der Waals surface area contributed by atoms with E-state index in [9.17, 15) is 4.79 Å². The van der Waals surface area contributed by atoms with E-state index in [-0.39, 0.29) is 5.91 Å². The van der Waals surface area contributed by atoms with Crippen LogP contribution < -0.4 is 19.7 Å². The number of benzene rings is 1. The highest BCUT2D eigenvalue weighted by atomic mass is 32.1. The number of likely N-dealkylation sites (N-methyl/N-ethyl adjacent to an activating group) is 1. The molecule has 1 unspecified atom stereocenters. The number of nitrogens with zero attached hydrogens (tertiary/aromatic N) is 1. The molecular formula is C21H26N3O4S+. The molecular weight excluding hydrogens is 390 g/mol. The normalized spacial score (nSPS) is 11.8. The highest BCUT2D eigenvalue weighted by molar-refractivity contribution is 7.13. The zero-order valence-corrected chi connectivity index (χ0v) is 17.7. The highest BCUT2D eigenvalue weighted by Gasteiger charge is 2.15. The lowest BCUT2D eigenvalue weighted by atomic mass is 10.2. The molecule has 0 bridgehead atoms. The zero-order valence-electron chi connectivity index (χ0n) is 16.9. The third-order valence-corrected chi connectivity index (χ3v) is 4.91. The summed E-state index contributed by atoms with van der Waals surface area (Å²) >= 11 is 1.58. The van der Waals surface area contributed by atoms with Crippen molar-refractivity contribution in [1.82, 2.24) is 4.98 Å². The molecule has 0 fully saturated rings. The number of amides is 1. The second-order valence-electron chi connectivity index (χ2n) is 6.51. The van der Waals surface area contributed by atoms with Gasteiger partial charge in [0.25, 0.3) is 5.91 Å². The third kappa shape index (κ3) is 5.82. The van der Waals surface area contributed by atoms with Crippen molar-refractivity contribution in [2.75, 3.05) is 32.1 Å². The Morgan fingerprint density at radius 1 is 1.21 bits per heavy atom. The number of carbonyl (C=O) groups excluding carboxylic acids is 1. The van der Waals surface area contributed by atoms with Crippen LogP contribution in [0, 0.1) is 0 Å². The van der Waals surface area contributed by atoms with E-state index in [1.165, 1.54) is 0 Å². The van der Waals surface area contributed by atoms with Gasteiger partial charge >= 0.3 is 0 Å². The molecule has 0 saturated heterocycles. The van der Waals surface area contributed by atoms with Crippen molar-refractivity contribution in [3.63, 3.8) is 0 Å². The summed E-state index contributed by atoms with van der Waals surface area (Å²) in [6.45, 7) is 5.80. The Balaban J connectivity index is 1.55. The van der Waals surface area contributed by atoms with E-state index in [1.54, 1.807) is 23.7 Å². The van der Waals surface area contributed by atoms with E-state index in [1.807, 2.05) is 50.5 Å². The van der Waals surface area contributed by atoms with Gasteiger partial charge in [-0.15, -0.1) is 11.3 Å². The summed E-state index contributed by atoms with van der Waals surface area (Å²) < 4.78 is 16.7. The summed E-state index contributed by atoms with van der Waals surface area (Å²) in [6.07, 6.45) is 1.65. The van der Waals surface area contributed by atoms with E-state index in [0.29, 0.717) is 49.4 Å². The minimum atomic E-state index is -0.0870. The maximum absolute atomic E-state index is 12.4. The van der Waals surface area contributed by atoms with Gasteiger partial charge in [-0.3, -0.25) is 4.79 Å². The topological polar surface area (TPSA) is 78.0 Å². The molecule has 2 aromatic heterocycles. The first-order valence-corrected chi connectivity index (χ1v) is 10.5. The number of thiophene rings is 1. The SMILES string of the molecule is CCOc1ccc(NC(=O)C[NH+](C)Cc2coc(-c3cccs3)n2)cc1OCC. The van der Waals surface area contributed by atoms with Crippen LogP contribution in [0.15, 0.2) is 46.4 Å². The van der Waals surface area contributed by atoms with Gasteiger partial charge in [-0.25, -0.2) is 4.98 Å². The largest absolute Gasteiger partial charge is 0.490 e. The van der Waals surface area contributed by atoms with Gasteiger partial charge in [0, 0.05) is 11.8 Å². The fourth-order valence-corrected chi connectivity index (χ4v) is 3.54. The molecule has 0 spiro atoms. The zero-order chi connectivity index (χ0) is 20.6. The average Bonchev–Trinajstić information content (AvgIpc) is 3.35. The van der Waals surface area contributed by atoms with Gasteiger partial charge in [-0.2, -0.15) is 0 Å². The third-order valence-electron chi connectivity index (χ3n) is 4.06. The highest BCUT2D eigenvalue weighted by Crippen LogP contribution is 2.30. The maximum atomic E-state index is 12.4. The number of quaternary nitrogens is 1. The number of hydrogen-bond donors (Lipinski definition) is 2. The quantitative estimate of drug-likeness (QED) is 0.531. The molecule has 0 aliphatic carbocycles. The van der Waals surface area contributed by atoms with E-state index in [4.69, 9.17) is 13.9 Å². The molecule has 154 valence electrons. The van der Waals surface area contributed by atoms with Crippen LogP contribution in [0.1, 0.15) is 19.5 Å². The van der Waals surface area contributed by atoms with Crippen molar-refractivity contribution in [3.8, 4) is 22.3 Å². The van der Waals surface area contributed by atoms with Gasteiger partial charge in [0.15, 0.2) is 18.0 Å². The maximum Gasteiger partial charge on any atom is 0.279 e. The number of nitrogens with one attached hydrogen (secondary N) is 2. The fourth-order valence-electron chi connectivity index (χ4n) is 2.88. The van der Waals surface area contributed by atoms with Crippen LogP contribution in [0.2, 0.25) is 0 Å². The number of ether oxygens (including phenoxy) is 2. The van der Waals surface area contributed by atoms with Crippen molar-refractivity contribution in [3.05, 3.63) is 47.7 Å². The van der Waals surface area contributed by atoms with Crippen molar-refractivity contribution < 1.29 is 23.6 Å². The summed E-state index contributed by atoms with van der Waals surface area (Å²) in [5.74, 6) is 1.82. The van der Waals surface area contributed by atoms with Crippen LogP contribution in [0.25, 0.3) is 10.8 Å². The lowest BCUT2D eigenvalue weighted by molar-refractivity contribution is -0.885. The van der Waals surface area contributed by atoms with Gasteiger partial charge in [-0.05, 0) is 37.4 Å². The number of carbonyl (C=O) groups is 1. The number of aromatic nitrogens is 1. The molecule has 7 nitrogen and oxygen atoms in total. The van der Waals surface area contributed by atoms with Crippen molar-refractivity contribution in [1.29, 1.82) is 0 Å². The van der Waals surface area contributed by atoms with E-state index in [0.717, 1.165) is 15.5 Å². The first kappa shape index (κ1) is 20.9. The van der Waals surface area contributed by atoms with Crippen LogP contribution in [-0.2, 0) is 11.3 Å². The number of hydrogen-bond acceptors (Lipinski definition) is 6. The summed E-state index contributed by atoms with van der Waals surface area (Å²) in [4.78, 5) is 18.9. The molecule has 1 amide bonds. The summed E-state index contributed by atoms with van der Waals surface area (Å²) in [5, 5.41) is 4.90. The van der Waals surface area contributed by atoms with Crippen molar-refractivity contribution in [2.24, 2.45) is 0 Å². The van der Waals surface area contributed by atoms with Crippen LogP contribution in [0.3, 0.4) is 0 Å². The summed E-state index contributed by atoms with van der Waals surface area (Å²) in [5.41, 5.74) is 1.49. The molecule has 0 aliphatic heterocycles. The molecule has 29 heavy (non-hydrogen) atoms. The molecule has 1 aromatic carbocycles. The standard InChI is InChI=1S/C21H25N3O4S/c1-4-26-17-9-8-15(11-18(17)27-5-2)22-20(25)13-24(3)12-16-14-28-21(23-16)19-7-6-10-29-19/h6-11,14H,4-5,12-13H2,1-3H3,(H,22,25)/p+1. The minimum absolute atomic E-state index is 0.0870. The predicted octanol–water partition coefficient (Wildman–Crippen LogP) is 2.85. The van der Waals surface area contributed by atoms with E-state index < -0.39 is 0 Å². The van der Waals surface area contributed by atoms with E-state index in [2.05, 4.69) is 10.3 Å². The van der Waals surface area contributed by atoms with Gasteiger partial charge < -0.3 is 24.1 Å². The number of anilines is 1. The van der Waals surface area contributed by atoms with Crippen molar-refractivity contribution in [2.45, 2.75) is 20.4 Å². The molecule has 3 rings (SSSR count). The van der Waals surface area contributed by atoms with Crippen LogP contribution in [0.5, 0.6) is 11.5 Å². The fraction of sp³-hybridized carbons (Fsp3) is 0.333. The minimum Gasteiger partial charge on any atom is -0.490 e.